The Morgan fingerprint density at radius 2 is 1.01 bits per heavy atom. The van der Waals surface area contributed by atoms with E-state index < -0.39 is 29.1 Å². The number of ether oxygens (including phenoxy) is 5. The molecule has 3 atom stereocenters. The summed E-state index contributed by atoms with van der Waals surface area (Å²) < 4.78 is 26.3. The van der Waals surface area contributed by atoms with Gasteiger partial charge >= 0.3 is 30.1 Å². The van der Waals surface area contributed by atoms with Crippen molar-refractivity contribution in [2.45, 2.75) is 111 Å². The quantitative estimate of drug-likeness (QED) is 0.123. The number of aromatic nitrogens is 3. The molecule has 3 aromatic heterocycles. The Labute approximate surface area is 429 Å². The first-order valence-corrected chi connectivity index (χ1v) is 25.2. The summed E-state index contributed by atoms with van der Waals surface area (Å²) in [4.78, 5) is 82.2. The first kappa shape index (κ1) is 57.3. The summed E-state index contributed by atoms with van der Waals surface area (Å²) in [6.07, 6.45) is 3.88. The van der Waals surface area contributed by atoms with Crippen LogP contribution in [0.3, 0.4) is 0 Å². The number of carbonyl (C=O) groups excluding carboxylic acids is 5. The molecule has 3 aromatic rings. The molecule has 0 aromatic carbocycles. The zero-order chi connectivity index (χ0) is 51.9. The minimum Gasteiger partial charge on any atom is -0.464 e. The summed E-state index contributed by atoms with van der Waals surface area (Å²) in [5.74, 6) is -1.34. The highest BCUT2D eigenvalue weighted by Gasteiger charge is 2.35. The average Bonchev–Trinajstić information content (AvgIpc) is 3.34. The van der Waals surface area contributed by atoms with Crippen molar-refractivity contribution < 1.29 is 47.7 Å². The summed E-state index contributed by atoms with van der Waals surface area (Å²) >= 11 is 6.88. The van der Waals surface area contributed by atoms with E-state index >= 15 is 0 Å². The summed E-state index contributed by atoms with van der Waals surface area (Å²) in [6, 6.07) is 11.2. The Morgan fingerprint density at radius 1 is 0.586 bits per heavy atom. The number of hydrogen-bond acceptors (Lipinski definition) is 17. The van der Waals surface area contributed by atoms with E-state index in [1.54, 1.807) is 34.2 Å². The number of esters is 3. The van der Waals surface area contributed by atoms with Gasteiger partial charge in [0.05, 0.1) is 56.7 Å². The molecule has 21 heteroatoms. The molecule has 70 heavy (non-hydrogen) atoms. The molecular weight excluding hydrogens is 1030 g/mol. The normalized spacial score (nSPS) is 18.3. The van der Waals surface area contributed by atoms with E-state index in [4.69, 9.17) is 14.2 Å². The number of methoxy groups -OCH3 is 3. The third kappa shape index (κ3) is 16.4. The van der Waals surface area contributed by atoms with E-state index in [2.05, 4.69) is 97.1 Å². The third-order valence-corrected chi connectivity index (χ3v) is 12.7. The highest BCUT2D eigenvalue weighted by atomic mass is 79.9. The van der Waals surface area contributed by atoms with Crippen LogP contribution in [-0.2, 0) is 23.7 Å². The van der Waals surface area contributed by atoms with Crippen LogP contribution in [0.1, 0.15) is 113 Å². The van der Waals surface area contributed by atoms with E-state index in [-0.39, 0.29) is 35.7 Å². The molecule has 3 aliphatic heterocycles. The van der Waals surface area contributed by atoms with Crippen LogP contribution < -0.4 is 20.0 Å². The van der Waals surface area contributed by atoms with Crippen molar-refractivity contribution in [1.82, 2.24) is 30.1 Å². The molecule has 386 valence electrons. The number of amides is 2. The van der Waals surface area contributed by atoms with Crippen LogP contribution in [0.2, 0.25) is 0 Å². The summed E-state index contributed by atoms with van der Waals surface area (Å²) in [6.45, 7) is 24.2. The Morgan fingerprint density at radius 3 is 1.41 bits per heavy atom. The minimum atomic E-state index is -0.511. The number of carbonyl (C=O) groups is 5. The second kappa shape index (κ2) is 26.2. The number of rotatable bonds is 9. The minimum absolute atomic E-state index is 0.0470. The Bertz CT molecular complexity index is 2240. The van der Waals surface area contributed by atoms with Gasteiger partial charge in [0.15, 0.2) is 0 Å². The van der Waals surface area contributed by atoms with E-state index in [1.807, 2.05) is 59.7 Å². The molecule has 19 nitrogen and oxygen atoms in total. The number of nitrogens with one attached hydrogen (secondary N) is 1. The fourth-order valence-electron chi connectivity index (χ4n) is 7.86. The number of hydrogen-bond donors (Lipinski definition) is 1. The molecule has 6 rings (SSSR count). The predicted octanol–water partition coefficient (Wildman–Crippen LogP) is 7.99. The maximum atomic E-state index is 12.5. The van der Waals surface area contributed by atoms with Gasteiger partial charge in [-0.05, 0) is 129 Å². The van der Waals surface area contributed by atoms with Crippen molar-refractivity contribution in [2.75, 3.05) is 94.9 Å². The zero-order valence-corrected chi connectivity index (χ0v) is 45.8. The van der Waals surface area contributed by atoms with Gasteiger partial charge in [0.2, 0.25) is 0 Å². The van der Waals surface area contributed by atoms with Crippen LogP contribution in [0.25, 0.3) is 0 Å². The molecule has 3 saturated heterocycles. The molecule has 0 bridgehead atoms. The van der Waals surface area contributed by atoms with Crippen LogP contribution in [0.15, 0.2) is 51.8 Å². The molecule has 3 aliphatic rings. The van der Waals surface area contributed by atoms with Gasteiger partial charge < -0.3 is 53.5 Å². The second-order valence-corrected chi connectivity index (χ2v) is 20.3. The fourth-order valence-corrected chi connectivity index (χ4v) is 9.01. The van der Waals surface area contributed by atoms with Crippen LogP contribution in [0.5, 0.6) is 0 Å². The number of piperazine rings is 3. The monoisotopic (exact) mass is 1100 g/mol. The standard InChI is InChI=1S/C18H26BrN3O4.C18H27N3O4.C13H18BrN3O2/c1-6-12-11-21(9-10-22(12)17(24)26-18(2,3)4)14-8-7-13(16(23)25-5)20-15(14)19;1-6-13-12-20(9-10-21(13)17(23)25-18(2,3)4)14-7-8-15(19-11-14)16(22)24-5;1-3-9-8-17(7-6-15-9)11-5-4-10(13(18)19-2)16-12(11)14/h7-8,12H,6,9-11H2,1-5H3;7-8,11,13H,6,9-10,12H2,1-5H3;4-5,9,15H,3,6-8H2,1-2H3/t12-;13-;9-/m000/s1. The largest absolute Gasteiger partial charge is 0.464 e. The van der Waals surface area contributed by atoms with Crippen molar-refractivity contribution in [3.63, 3.8) is 0 Å². The second-order valence-electron chi connectivity index (χ2n) is 18.8. The number of anilines is 3. The summed E-state index contributed by atoms with van der Waals surface area (Å²) in [5, 5.41) is 3.48. The van der Waals surface area contributed by atoms with Gasteiger partial charge in [0.1, 0.15) is 37.5 Å². The van der Waals surface area contributed by atoms with Gasteiger partial charge in [-0.3, -0.25) is 0 Å². The fraction of sp³-hybridized carbons (Fsp3) is 0.592. The van der Waals surface area contributed by atoms with Crippen molar-refractivity contribution in [2.24, 2.45) is 0 Å². The Balaban J connectivity index is 0.000000231. The van der Waals surface area contributed by atoms with Gasteiger partial charge in [-0.25, -0.2) is 38.9 Å². The molecule has 3 fully saturated rings. The van der Waals surface area contributed by atoms with Crippen LogP contribution in [0.4, 0.5) is 26.7 Å². The van der Waals surface area contributed by atoms with E-state index in [9.17, 15) is 24.0 Å². The Hall–Kier alpha value is -5.28. The topological polar surface area (TPSA) is 198 Å². The average molecular weight is 1110 g/mol. The van der Waals surface area contributed by atoms with Crippen LogP contribution >= 0.6 is 31.9 Å². The summed E-state index contributed by atoms with van der Waals surface area (Å²) in [5.41, 5.74) is 2.68. The van der Waals surface area contributed by atoms with E-state index in [0.717, 1.165) is 56.0 Å². The zero-order valence-electron chi connectivity index (χ0n) is 42.7. The molecule has 0 spiro atoms. The maximum Gasteiger partial charge on any atom is 0.410 e. The molecule has 2 amide bonds. The molecule has 0 saturated carbocycles. The van der Waals surface area contributed by atoms with E-state index in [1.165, 1.54) is 21.3 Å². The maximum absolute atomic E-state index is 12.5. The highest BCUT2D eigenvalue weighted by molar-refractivity contribution is 9.10. The molecular formula is C49H71Br2N9O10. The van der Waals surface area contributed by atoms with Gasteiger partial charge in [-0.15, -0.1) is 0 Å². The summed E-state index contributed by atoms with van der Waals surface area (Å²) in [7, 11) is 4.02. The van der Waals surface area contributed by atoms with Crippen molar-refractivity contribution in [3.05, 3.63) is 68.9 Å². The number of pyridine rings is 3. The van der Waals surface area contributed by atoms with Crippen LogP contribution in [0, 0.1) is 0 Å². The molecule has 1 N–H and O–H groups in total. The van der Waals surface area contributed by atoms with Gasteiger partial charge in [-0.1, -0.05) is 20.8 Å². The van der Waals surface area contributed by atoms with Crippen molar-refractivity contribution in [3.8, 4) is 0 Å². The first-order chi connectivity index (χ1) is 33.1. The first-order valence-electron chi connectivity index (χ1n) is 23.6. The molecule has 0 aliphatic carbocycles. The SMILES string of the molecule is CC[C@H]1CN(c2ccc(C(=O)OC)nc2)CCN1C(=O)OC(C)(C)C.CC[C@H]1CN(c2ccc(C(=O)OC)nc2Br)CCN1.CC[C@H]1CN(c2ccc(C(=O)OC)nc2Br)CCN1C(=O)OC(C)(C)C. The van der Waals surface area contributed by atoms with Gasteiger partial charge in [0, 0.05) is 64.9 Å². The molecule has 6 heterocycles. The molecule has 0 unspecified atom stereocenters. The lowest BCUT2D eigenvalue weighted by atomic mass is 10.1. The lowest BCUT2D eigenvalue weighted by Gasteiger charge is -2.42. The van der Waals surface area contributed by atoms with Gasteiger partial charge in [0.25, 0.3) is 0 Å². The Kier molecular flexibility index (Phi) is 21.5. The molecule has 0 radical (unpaired) electrons. The predicted molar refractivity (Wildman–Crippen MR) is 275 cm³/mol. The lowest BCUT2D eigenvalue weighted by Crippen LogP contribution is -2.56. The van der Waals surface area contributed by atoms with Gasteiger partial charge in [-0.2, -0.15) is 0 Å². The lowest BCUT2D eigenvalue weighted by molar-refractivity contribution is 0.0126. The third-order valence-electron chi connectivity index (χ3n) is 11.5. The smallest absolute Gasteiger partial charge is 0.410 e. The number of nitrogens with zero attached hydrogens (tertiary/aromatic N) is 8. The number of halogens is 2. The highest BCUT2D eigenvalue weighted by Crippen LogP contribution is 2.30. The van der Waals surface area contributed by atoms with E-state index in [0.29, 0.717) is 60.2 Å². The van der Waals surface area contributed by atoms with Crippen LogP contribution in [-0.4, -0.2) is 164 Å². The van der Waals surface area contributed by atoms with Crippen molar-refractivity contribution in [1.29, 1.82) is 0 Å². The van der Waals surface area contributed by atoms with Crippen molar-refractivity contribution >= 4 is 79.0 Å².